The molecular weight excluding hydrogens is 260 g/mol. The minimum atomic E-state index is 0.742. The molecule has 0 amide bonds. The van der Waals surface area contributed by atoms with E-state index in [-0.39, 0.29) is 0 Å². The third kappa shape index (κ3) is 3.09. The Morgan fingerprint density at radius 3 is 2.76 bits per heavy atom. The van der Waals surface area contributed by atoms with Crippen LogP contribution in [0, 0.1) is 0 Å². The molecule has 0 saturated carbocycles. The topological polar surface area (TPSA) is 37.0 Å². The molecule has 0 spiro atoms. The molecule has 3 heteroatoms. The van der Waals surface area contributed by atoms with Crippen molar-refractivity contribution in [1.82, 2.24) is 4.98 Å². The molecule has 0 aliphatic heterocycles. The number of aromatic amines is 1. The Morgan fingerprint density at radius 2 is 1.86 bits per heavy atom. The maximum absolute atomic E-state index is 5.18. The van der Waals surface area contributed by atoms with E-state index in [4.69, 9.17) is 4.74 Å². The molecule has 0 bridgehead atoms. The molecule has 0 fully saturated rings. The third-order valence-corrected chi connectivity index (χ3v) is 3.75. The van der Waals surface area contributed by atoms with Gasteiger partial charge >= 0.3 is 0 Å². The summed E-state index contributed by atoms with van der Waals surface area (Å²) in [5.41, 5.74) is 4.96. The SMILES string of the molecule is COCCc1ccccc1NCc1cccc2[nH]ccc12. The molecule has 0 radical (unpaired) electrons. The number of aromatic nitrogens is 1. The van der Waals surface area contributed by atoms with Crippen molar-refractivity contribution in [3.63, 3.8) is 0 Å². The summed E-state index contributed by atoms with van der Waals surface area (Å²) in [6, 6.07) is 16.9. The number of para-hydroxylation sites is 1. The van der Waals surface area contributed by atoms with Crippen LogP contribution in [-0.4, -0.2) is 18.7 Å². The van der Waals surface area contributed by atoms with Gasteiger partial charge in [-0.25, -0.2) is 0 Å². The molecule has 0 saturated heterocycles. The summed E-state index contributed by atoms with van der Waals surface area (Å²) in [7, 11) is 1.74. The van der Waals surface area contributed by atoms with Gasteiger partial charge in [-0.15, -0.1) is 0 Å². The van der Waals surface area contributed by atoms with Crippen LogP contribution in [0.5, 0.6) is 0 Å². The predicted molar refractivity (Wildman–Crippen MR) is 87.6 cm³/mol. The first-order chi connectivity index (χ1) is 10.4. The van der Waals surface area contributed by atoms with Crippen LogP contribution in [0.25, 0.3) is 10.9 Å². The zero-order chi connectivity index (χ0) is 14.5. The quantitative estimate of drug-likeness (QED) is 0.717. The van der Waals surface area contributed by atoms with Crippen LogP contribution in [-0.2, 0) is 17.7 Å². The number of methoxy groups -OCH3 is 1. The monoisotopic (exact) mass is 280 g/mol. The van der Waals surface area contributed by atoms with Crippen LogP contribution >= 0.6 is 0 Å². The minimum absolute atomic E-state index is 0.742. The summed E-state index contributed by atoms with van der Waals surface area (Å²) < 4.78 is 5.18. The van der Waals surface area contributed by atoms with Gasteiger partial charge in [-0.05, 0) is 35.7 Å². The van der Waals surface area contributed by atoms with Crippen LogP contribution in [0.4, 0.5) is 5.69 Å². The van der Waals surface area contributed by atoms with Crippen molar-refractivity contribution in [1.29, 1.82) is 0 Å². The van der Waals surface area contributed by atoms with Crippen LogP contribution in [0.1, 0.15) is 11.1 Å². The van der Waals surface area contributed by atoms with Gasteiger partial charge in [-0.1, -0.05) is 30.3 Å². The summed E-state index contributed by atoms with van der Waals surface area (Å²) in [6.45, 7) is 1.56. The van der Waals surface area contributed by atoms with Gasteiger partial charge < -0.3 is 15.0 Å². The maximum atomic E-state index is 5.18. The van der Waals surface area contributed by atoms with Crippen molar-refractivity contribution < 1.29 is 4.74 Å². The Hall–Kier alpha value is -2.26. The maximum Gasteiger partial charge on any atom is 0.0503 e. The highest BCUT2D eigenvalue weighted by Crippen LogP contribution is 2.21. The van der Waals surface area contributed by atoms with Crippen molar-refractivity contribution in [3.8, 4) is 0 Å². The summed E-state index contributed by atoms with van der Waals surface area (Å²) >= 11 is 0. The first-order valence-corrected chi connectivity index (χ1v) is 7.24. The van der Waals surface area contributed by atoms with Crippen molar-refractivity contribution >= 4 is 16.6 Å². The number of fused-ring (bicyclic) bond motifs is 1. The molecule has 3 nitrogen and oxygen atoms in total. The normalized spacial score (nSPS) is 10.9. The summed E-state index contributed by atoms with van der Waals surface area (Å²) in [6.07, 6.45) is 2.91. The summed E-state index contributed by atoms with van der Waals surface area (Å²) in [5.74, 6) is 0. The number of benzene rings is 2. The second kappa shape index (κ2) is 6.46. The van der Waals surface area contributed by atoms with E-state index in [9.17, 15) is 0 Å². The minimum Gasteiger partial charge on any atom is -0.384 e. The lowest BCUT2D eigenvalue weighted by Crippen LogP contribution is -2.04. The van der Waals surface area contributed by atoms with E-state index in [1.165, 1.54) is 27.7 Å². The second-order valence-electron chi connectivity index (χ2n) is 5.11. The fraction of sp³-hybridized carbons (Fsp3) is 0.222. The van der Waals surface area contributed by atoms with Crippen molar-refractivity contribution in [2.75, 3.05) is 19.0 Å². The van der Waals surface area contributed by atoms with Gasteiger partial charge in [-0.3, -0.25) is 0 Å². The number of rotatable bonds is 6. The van der Waals surface area contributed by atoms with Gasteiger partial charge in [0, 0.05) is 36.4 Å². The number of hydrogen-bond donors (Lipinski definition) is 2. The third-order valence-electron chi connectivity index (χ3n) is 3.75. The Morgan fingerprint density at radius 1 is 1.00 bits per heavy atom. The lowest BCUT2D eigenvalue weighted by atomic mass is 10.1. The number of H-pyrrole nitrogens is 1. The van der Waals surface area contributed by atoms with Crippen LogP contribution < -0.4 is 5.32 Å². The fourth-order valence-corrected chi connectivity index (χ4v) is 2.62. The van der Waals surface area contributed by atoms with E-state index in [1.54, 1.807) is 7.11 Å². The molecule has 2 aromatic carbocycles. The Labute approximate surface area is 125 Å². The van der Waals surface area contributed by atoms with Gasteiger partial charge in [0.15, 0.2) is 0 Å². The molecule has 1 aromatic heterocycles. The second-order valence-corrected chi connectivity index (χ2v) is 5.11. The first kappa shape index (κ1) is 13.7. The molecule has 108 valence electrons. The van der Waals surface area contributed by atoms with Crippen LogP contribution in [0.2, 0.25) is 0 Å². The van der Waals surface area contributed by atoms with Gasteiger partial charge in [-0.2, -0.15) is 0 Å². The van der Waals surface area contributed by atoms with Crippen molar-refractivity contribution in [2.24, 2.45) is 0 Å². The van der Waals surface area contributed by atoms with E-state index in [0.29, 0.717) is 0 Å². The average Bonchev–Trinajstić information content (AvgIpc) is 3.01. The fourth-order valence-electron chi connectivity index (χ4n) is 2.62. The van der Waals surface area contributed by atoms with Gasteiger partial charge in [0.05, 0.1) is 6.61 Å². The summed E-state index contributed by atoms with van der Waals surface area (Å²) in [4.78, 5) is 3.25. The molecule has 21 heavy (non-hydrogen) atoms. The standard InChI is InChI=1S/C18H20N2O/c1-21-12-10-14-5-2-3-7-17(14)20-13-15-6-4-8-18-16(15)9-11-19-18/h2-9,11,19-20H,10,12-13H2,1H3. The van der Waals surface area contributed by atoms with E-state index in [2.05, 4.69) is 58.8 Å². The Balaban J connectivity index is 1.77. The largest absolute Gasteiger partial charge is 0.384 e. The molecule has 0 aliphatic carbocycles. The highest BCUT2D eigenvalue weighted by molar-refractivity contribution is 5.83. The zero-order valence-corrected chi connectivity index (χ0v) is 12.2. The van der Waals surface area contributed by atoms with E-state index in [1.807, 2.05) is 6.20 Å². The molecule has 2 N–H and O–H groups in total. The van der Waals surface area contributed by atoms with Gasteiger partial charge in [0.2, 0.25) is 0 Å². The number of ether oxygens (including phenoxy) is 1. The molecule has 3 aromatic rings. The van der Waals surface area contributed by atoms with Crippen molar-refractivity contribution in [3.05, 3.63) is 65.9 Å². The Bertz CT molecular complexity index is 718. The number of nitrogens with one attached hydrogen (secondary N) is 2. The van der Waals surface area contributed by atoms with Gasteiger partial charge in [0.25, 0.3) is 0 Å². The van der Waals surface area contributed by atoms with Crippen LogP contribution in [0.3, 0.4) is 0 Å². The Kier molecular flexibility index (Phi) is 4.22. The first-order valence-electron chi connectivity index (χ1n) is 7.24. The van der Waals surface area contributed by atoms with E-state index < -0.39 is 0 Å². The highest BCUT2D eigenvalue weighted by atomic mass is 16.5. The molecule has 0 aliphatic rings. The number of anilines is 1. The lowest BCUT2D eigenvalue weighted by Gasteiger charge is -2.12. The van der Waals surface area contributed by atoms with Crippen molar-refractivity contribution in [2.45, 2.75) is 13.0 Å². The molecule has 0 atom stereocenters. The molecule has 3 rings (SSSR count). The van der Waals surface area contributed by atoms with Gasteiger partial charge in [0.1, 0.15) is 0 Å². The molecule has 0 unspecified atom stereocenters. The summed E-state index contributed by atoms with van der Waals surface area (Å²) in [5, 5.41) is 4.83. The lowest BCUT2D eigenvalue weighted by molar-refractivity contribution is 0.202. The molecular formula is C18H20N2O. The van der Waals surface area contributed by atoms with E-state index in [0.717, 1.165) is 19.6 Å². The zero-order valence-electron chi connectivity index (χ0n) is 12.2. The highest BCUT2D eigenvalue weighted by Gasteiger charge is 2.04. The average molecular weight is 280 g/mol. The molecule has 1 heterocycles. The number of hydrogen-bond acceptors (Lipinski definition) is 2. The predicted octanol–water partition coefficient (Wildman–Crippen LogP) is 3.97. The van der Waals surface area contributed by atoms with E-state index >= 15 is 0 Å². The van der Waals surface area contributed by atoms with Crippen LogP contribution in [0.15, 0.2) is 54.7 Å². The smallest absolute Gasteiger partial charge is 0.0503 e.